The van der Waals surface area contributed by atoms with Crippen LogP contribution in [0.3, 0.4) is 0 Å². The minimum atomic E-state index is 0.311. The molecule has 1 aliphatic heterocycles. The fourth-order valence-electron chi connectivity index (χ4n) is 2.38. The second-order valence-corrected chi connectivity index (χ2v) is 4.58. The average molecular weight is 205 g/mol. The zero-order valence-electron chi connectivity index (χ0n) is 9.43. The van der Waals surface area contributed by atoms with Crippen molar-refractivity contribution in [2.75, 3.05) is 6.54 Å². The molecule has 0 bridgehead atoms. The number of hydrogen-bond acceptors (Lipinski definition) is 3. The van der Waals surface area contributed by atoms with Crippen molar-refractivity contribution < 1.29 is 0 Å². The van der Waals surface area contributed by atoms with Crippen molar-refractivity contribution in [3.63, 3.8) is 0 Å². The molecule has 2 atom stereocenters. The van der Waals surface area contributed by atoms with E-state index in [-0.39, 0.29) is 0 Å². The second-order valence-electron chi connectivity index (χ2n) is 4.58. The summed E-state index contributed by atoms with van der Waals surface area (Å²) in [6.07, 6.45) is 4.78. The van der Waals surface area contributed by atoms with E-state index in [4.69, 9.17) is 5.73 Å². The molecule has 1 saturated heterocycles. The summed E-state index contributed by atoms with van der Waals surface area (Å²) in [7, 11) is 0. The Labute approximate surface area is 91.3 Å². The van der Waals surface area contributed by atoms with Gasteiger partial charge in [-0.25, -0.2) is 0 Å². The highest BCUT2D eigenvalue weighted by Gasteiger charge is 2.32. The molecule has 0 aromatic carbocycles. The summed E-state index contributed by atoms with van der Waals surface area (Å²) in [6.45, 7) is 5.46. The fourth-order valence-corrected chi connectivity index (χ4v) is 2.38. The van der Waals surface area contributed by atoms with E-state index >= 15 is 0 Å². The summed E-state index contributed by atoms with van der Waals surface area (Å²) < 4.78 is 0. The van der Waals surface area contributed by atoms with Crippen LogP contribution in [0.1, 0.15) is 31.9 Å². The molecule has 82 valence electrons. The van der Waals surface area contributed by atoms with E-state index in [1.54, 1.807) is 0 Å². The number of rotatable bonds is 2. The third-order valence-electron chi connectivity index (χ3n) is 3.13. The molecule has 0 aliphatic carbocycles. The SMILES string of the molecule is CC(C)N1CC(N)CC1c1ccncc1. The lowest BCUT2D eigenvalue weighted by atomic mass is 10.0. The maximum absolute atomic E-state index is 6.03. The minimum Gasteiger partial charge on any atom is -0.326 e. The Morgan fingerprint density at radius 2 is 2.07 bits per heavy atom. The van der Waals surface area contributed by atoms with Crippen LogP contribution in [0, 0.1) is 0 Å². The van der Waals surface area contributed by atoms with Gasteiger partial charge in [0.1, 0.15) is 0 Å². The van der Waals surface area contributed by atoms with Crippen molar-refractivity contribution in [3.05, 3.63) is 30.1 Å². The first kappa shape index (κ1) is 10.6. The van der Waals surface area contributed by atoms with Crippen LogP contribution in [-0.2, 0) is 0 Å². The van der Waals surface area contributed by atoms with E-state index in [9.17, 15) is 0 Å². The molecule has 1 aromatic heterocycles. The van der Waals surface area contributed by atoms with Gasteiger partial charge in [-0.1, -0.05) is 0 Å². The summed E-state index contributed by atoms with van der Waals surface area (Å²) in [5.41, 5.74) is 7.37. The maximum Gasteiger partial charge on any atom is 0.0367 e. The summed E-state index contributed by atoms with van der Waals surface area (Å²) in [4.78, 5) is 6.53. The number of nitrogens with two attached hydrogens (primary N) is 1. The Balaban J connectivity index is 2.21. The van der Waals surface area contributed by atoms with E-state index in [0.29, 0.717) is 18.1 Å². The summed E-state index contributed by atoms with van der Waals surface area (Å²) in [6, 6.07) is 5.53. The van der Waals surface area contributed by atoms with Gasteiger partial charge in [-0.15, -0.1) is 0 Å². The first-order chi connectivity index (χ1) is 7.18. The van der Waals surface area contributed by atoms with Crippen LogP contribution in [-0.4, -0.2) is 28.5 Å². The van der Waals surface area contributed by atoms with E-state index in [1.165, 1.54) is 5.56 Å². The third-order valence-corrected chi connectivity index (χ3v) is 3.13. The maximum atomic E-state index is 6.03. The number of hydrogen-bond donors (Lipinski definition) is 1. The molecule has 3 nitrogen and oxygen atoms in total. The van der Waals surface area contributed by atoms with Crippen LogP contribution in [0.5, 0.6) is 0 Å². The lowest BCUT2D eigenvalue weighted by molar-refractivity contribution is 0.204. The Kier molecular flexibility index (Phi) is 3.03. The van der Waals surface area contributed by atoms with E-state index in [1.807, 2.05) is 12.4 Å². The molecule has 0 spiro atoms. The zero-order chi connectivity index (χ0) is 10.8. The number of aromatic nitrogens is 1. The normalized spacial score (nSPS) is 27.5. The highest BCUT2D eigenvalue weighted by atomic mass is 15.2. The highest BCUT2D eigenvalue weighted by Crippen LogP contribution is 2.32. The van der Waals surface area contributed by atoms with Gasteiger partial charge in [0, 0.05) is 37.1 Å². The molecule has 0 saturated carbocycles. The van der Waals surface area contributed by atoms with Crippen molar-refractivity contribution in [2.45, 2.75) is 38.4 Å². The van der Waals surface area contributed by atoms with Gasteiger partial charge >= 0.3 is 0 Å². The number of likely N-dealkylation sites (tertiary alicyclic amines) is 1. The largest absolute Gasteiger partial charge is 0.326 e. The molecule has 2 rings (SSSR count). The average Bonchev–Trinajstić information content (AvgIpc) is 2.62. The molecule has 2 N–H and O–H groups in total. The number of pyridine rings is 1. The summed E-state index contributed by atoms with van der Waals surface area (Å²) >= 11 is 0. The first-order valence-corrected chi connectivity index (χ1v) is 5.59. The van der Waals surface area contributed by atoms with Gasteiger partial charge in [0.2, 0.25) is 0 Å². The predicted octanol–water partition coefficient (Wildman–Crippen LogP) is 1.56. The molecule has 2 unspecified atom stereocenters. The van der Waals surface area contributed by atoms with Gasteiger partial charge in [-0.2, -0.15) is 0 Å². The molecular formula is C12H19N3. The molecule has 15 heavy (non-hydrogen) atoms. The van der Waals surface area contributed by atoms with Gasteiger partial charge in [-0.05, 0) is 38.0 Å². The van der Waals surface area contributed by atoms with Crippen molar-refractivity contribution in [1.29, 1.82) is 0 Å². The second kappa shape index (κ2) is 4.29. The molecule has 1 aromatic rings. The standard InChI is InChI=1S/C12H19N3/c1-9(2)15-8-11(13)7-12(15)10-3-5-14-6-4-10/h3-6,9,11-12H,7-8,13H2,1-2H3. The van der Waals surface area contributed by atoms with Crippen molar-refractivity contribution in [3.8, 4) is 0 Å². The van der Waals surface area contributed by atoms with Crippen LogP contribution in [0.25, 0.3) is 0 Å². The van der Waals surface area contributed by atoms with Gasteiger partial charge in [0.05, 0.1) is 0 Å². The van der Waals surface area contributed by atoms with Crippen LogP contribution in [0.4, 0.5) is 0 Å². The number of nitrogens with zero attached hydrogens (tertiary/aromatic N) is 2. The van der Waals surface area contributed by atoms with Crippen molar-refractivity contribution in [1.82, 2.24) is 9.88 Å². The molecular weight excluding hydrogens is 186 g/mol. The van der Waals surface area contributed by atoms with Crippen LogP contribution < -0.4 is 5.73 Å². The smallest absolute Gasteiger partial charge is 0.0367 e. The topological polar surface area (TPSA) is 42.1 Å². The third kappa shape index (κ3) is 2.19. The van der Waals surface area contributed by atoms with E-state index in [2.05, 4.69) is 35.9 Å². The molecule has 3 heteroatoms. The predicted molar refractivity (Wildman–Crippen MR) is 61.4 cm³/mol. The van der Waals surface area contributed by atoms with E-state index < -0.39 is 0 Å². The van der Waals surface area contributed by atoms with Gasteiger partial charge < -0.3 is 5.73 Å². The summed E-state index contributed by atoms with van der Waals surface area (Å²) in [5.74, 6) is 0. The Morgan fingerprint density at radius 3 is 2.67 bits per heavy atom. The lowest BCUT2D eigenvalue weighted by Crippen LogP contribution is -2.33. The minimum absolute atomic E-state index is 0.311. The lowest BCUT2D eigenvalue weighted by Gasteiger charge is -2.28. The van der Waals surface area contributed by atoms with Crippen LogP contribution in [0.2, 0.25) is 0 Å². The highest BCUT2D eigenvalue weighted by molar-refractivity contribution is 5.17. The zero-order valence-corrected chi connectivity index (χ0v) is 9.43. The Bertz CT molecular complexity index is 310. The van der Waals surface area contributed by atoms with E-state index in [0.717, 1.165) is 13.0 Å². The summed E-state index contributed by atoms with van der Waals surface area (Å²) in [5, 5.41) is 0. The first-order valence-electron chi connectivity index (χ1n) is 5.59. The monoisotopic (exact) mass is 205 g/mol. The molecule has 0 radical (unpaired) electrons. The van der Waals surface area contributed by atoms with Gasteiger partial charge in [0.25, 0.3) is 0 Å². The van der Waals surface area contributed by atoms with Crippen LogP contribution in [0.15, 0.2) is 24.5 Å². The fraction of sp³-hybridized carbons (Fsp3) is 0.583. The Morgan fingerprint density at radius 1 is 1.40 bits per heavy atom. The van der Waals surface area contributed by atoms with Crippen molar-refractivity contribution >= 4 is 0 Å². The Hall–Kier alpha value is -0.930. The molecule has 2 heterocycles. The van der Waals surface area contributed by atoms with Gasteiger partial charge in [0.15, 0.2) is 0 Å². The van der Waals surface area contributed by atoms with Crippen molar-refractivity contribution in [2.24, 2.45) is 5.73 Å². The quantitative estimate of drug-likeness (QED) is 0.796. The molecule has 0 amide bonds. The van der Waals surface area contributed by atoms with Gasteiger partial charge in [-0.3, -0.25) is 9.88 Å². The molecule has 1 aliphatic rings. The van der Waals surface area contributed by atoms with Crippen LogP contribution >= 0.6 is 0 Å². The molecule has 1 fully saturated rings.